The maximum absolute atomic E-state index is 14.1. The van der Waals surface area contributed by atoms with E-state index in [1.165, 1.54) is 33.4 Å². The number of carbonyl (C=O) groups is 1. The molecule has 0 aliphatic heterocycles. The minimum Gasteiger partial charge on any atom is -0.289 e. The summed E-state index contributed by atoms with van der Waals surface area (Å²) in [4.78, 5) is 14.1. The number of hydrogen-bond acceptors (Lipinski definition) is 1. The summed E-state index contributed by atoms with van der Waals surface area (Å²) >= 11 is 0. The fourth-order valence-corrected chi connectivity index (χ4v) is 5.61. The second kappa shape index (κ2) is 13.0. The zero-order valence-electron chi connectivity index (χ0n) is 22.1. The van der Waals surface area contributed by atoms with Crippen molar-refractivity contribution in [1.29, 1.82) is 0 Å². The van der Waals surface area contributed by atoms with Gasteiger partial charge in [0.15, 0.2) is 5.78 Å². The highest BCUT2D eigenvalue weighted by Gasteiger charge is 2.31. The molecule has 0 bridgehead atoms. The predicted octanol–water partition coefficient (Wildman–Crippen LogP) is 8.69. The summed E-state index contributed by atoms with van der Waals surface area (Å²) < 4.78 is 0. The Balaban J connectivity index is 1.45. The van der Waals surface area contributed by atoms with E-state index in [1.807, 2.05) is 0 Å². The summed E-state index contributed by atoms with van der Waals surface area (Å²) in [5.41, 5.74) is 9.97. The van der Waals surface area contributed by atoms with Crippen LogP contribution in [0.25, 0.3) is 0 Å². The Morgan fingerprint density at radius 3 is 0.789 bits per heavy atom. The first-order valence-corrected chi connectivity index (χ1v) is 13.9. The van der Waals surface area contributed by atoms with Crippen LogP contribution in [0.3, 0.4) is 0 Å². The maximum atomic E-state index is 14.1. The van der Waals surface area contributed by atoms with Crippen LogP contribution in [0, 0.1) is 0 Å². The van der Waals surface area contributed by atoms with Gasteiger partial charge in [0.05, 0.1) is 0 Å². The third kappa shape index (κ3) is 6.66. The highest BCUT2D eigenvalue weighted by atomic mass is 16.1. The third-order valence-corrected chi connectivity index (χ3v) is 7.67. The normalized spacial score (nSPS) is 13.4. The molecule has 1 heteroatoms. The van der Waals surface area contributed by atoms with E-state index in [-0.39, 0.29) is 0 Å². The molecule has 0 aromatic heterocycles. The lowest BCUT2D eigenvalue weighted by Gasteiger charge is -2.13. The number of aryl methyl sites for hydroxylation is 4. The van der Waals surface area contributed by atoms with Gasteiger partial charge in [0, 0.05) is 11.1 Å². The summed E-state index contributed by atoms with van der Waals surface area (Å²) in [5, 5.41) is 0. The molecule has 0 atom stereocenters. The minimum absolute atomic E-state index is 0.294. The zero-order valence-corrected chi connectivity index (χ0v) is 22.1. The summed E-state index contributed by atoms with van der Waals surface area (Å²) in [6, 6.07) is 42.5. The lowest BCUT2D eigenvalue weighted by molar-refractivity contribution is -0.112. The molecule has 0 amide bonds. The smallest absolute Gasteiger partial charge is 0.185 e. The monoisotopic (exact) mass is 496 g/mol. The van der Waals surface area contributed by atoms with Crippen molar-refractivity contribution >= 4 is 5.78 Å². The highest BCUT2D eigenvalue weighted by Crippen LogP contribution is 2.39. The molecular formula is C37H36O. The highest BCUT2D eigenvalue weighted by molar-refractivity contribution is 6.13. The summed E-state index contributed by atoms with van der Waals surface area (Å²) in [7, 11) is 0. The van der Waals surface area contributed by atoms with Crippen molar-refractivity contribution in [3.63, 3.8) is 0 Å². The number of rotatable bonds is 12. The fourth-order valence-electron chi connectivity index (χ4n) is 5.61. The Kier molecular flexibility index (Phi) is 8.79. The maximum Gasteiger partial charge on any atom is 0.185 e. The fraction of sp³-hybridized carbons (Fsp3) is 0.216. The van der Waals surface area contributed by atoms with Crippen LogP contribution >= 0.6 is 0 Å². The van der Waals surface area contributed by atoms with E-state index >= 15 is 0 Å². The number of carbonyl (C=O) groups excluding carboxylic acids is 1. The SMILES string of the molecule is O=C1C(CCc2ccccc2)=C(CCc2ccccc2)C(CCc2ccccc2)=C1CCc1ccccc1. The van der Waals surface area contributed by atoms with Gasteiger partial charge in [0.25, 0.3) is 0 Å². The number of ketones is 1. The van der Waals surface area contributed by atoms with Crippen molar-refractivity contribution < 1.29 is 4.79 Å². The van der Waals surface area contributed by atoms with Crippen molar-refractivity contribution in [2.45, 2.75) is 51.4 Å². The Morgan fingerprint density at radius 1 is 0.289 bits per heavy atom. The molecule has 1 aliphatic rings. The molecule has 0 unspecified atom stereocenters. The van der Waals surface area contributed by atoms with E-state index < -0.39 is 0 Å². The third-order valence-electron chi connectivity index (χ3n) is 7.67. The Labute approximate surface area is 227 Å². The zero-order chi connectivity index (χ0) is 26.0. The average molecular weight is 497 g/mol. The van der Waals surface area contributed by atoms with Crippen molar-refractivity contribution in [3.05, 3.63) is 166 Å². The first-order valence-electron chi connectivity index (χ1n) is 13.9. The summed E-state index contributed by atoms with van der Waals surface area (Å²) in [6.45, 7) is 0. The van der Waals surface area contributed by atoms with Gasteiger partial charge in [0.2, 0.25) is 0 Å². The lowest BCUT2D eigenvalue weighted by atomic mass is 9.91. The van der Waals surface area contributed by atoms with Crippen LogP contribution in [-0.2, 0) is 30.5 Å². The molecule has 0 saturated heterocycles. The van der Waals surface area contributed by atoms with E-state index in [1.54, 1.807) is 0 Å². The van der Waals surface area contributed by atoms with Crippen LogP contribution in [0.5, 0.6) is 0 Å². The first-order chi connectivity index (χ1) is 18.8. The second-order valence-corrected chi connectivity index (χ2v) is 10.2. The van der Waals surface area contributed by atoms with Gasteiger partial charge >= 0.3 is 0 Å². The number of hydrogen-bond donors (Lipinski definition) is 0. The molecule has 0 saturated carbocycles. The first kappa shape index (κ1) is 25.7. The molecule has 4 aromatic carbocycles. The van der Waals surface area contributed by atoms with Gasteiger partial charge in [-0.1, -0.05) is 121 Å². The number of allylic oxidation sites excluding steroid dienone is 4. The Morgan fingerprint density at radius 2 is 0.526 bits per heavy atom. The van der Waals surface area contributed by atoms with Crippen molar-refractivity contribution in [2.24, 2.45) is 0 Å². The molecule has 0 radical (unpaired) electrons. The van der Waals surface area contributed by atoms with Crippen LogP contribution in [0.4, 0.5) is 0 Å². The Hall–Kier alpha value is -3.97. The van der Waals surface area contributed by atoms with Crippen LogP contribution in [0.1, 0.15) is 47.9 Å². The molecule has 0 spiro atoms. The van der Waals surface area contributed by atoms with Crippen molar-refractivity contribution in [3.8, 4) is 0 Å². The van der Waals surface area contributed by atoms with Gasteiger partial charge in [-0.2, -0.15) is 0 Å². The Bertz CT molecular complexity index is 1270. The van der Waals surface area contributed by atoms with Gasteiger partial charge < -0.3 is 0 Å². The van der Waals surface area contributed by atoms with Crippen LogP contribution in [0.2, 0.25) is 0 Å². The van der Waals surface area contributed by atoms with E-state index in [2.05, 4.69) is 121 Å². The van der Waals surface area contributed by atoms with Crippen LogP contribution in [-0.4, -0.2) is 5.78 Å². The van der Waals surface area contributed by atoms with Crippen LogP contribution < -0.4 is 0 Å². The quantitative estimate of drug-likeness (QED) is 0.192. The molecule has 190 valence electrons. The molecule has 0 heterocycles. The summed E-state index contributed by atoms with van der Waals surface area (Å²) in [5.74, 6) is 0.294. The van der Waals surface area contributed by atoms with Crippen molar-refractivity contribution in [2.75, 3.05) is 0 Å². The van der Waals surface area contributed by atoms with E-state index in [0.717, 1.165) is 62.5 Å². The second-order valence-electron chi connectivity index (χ2n) is 10.2. The molecule has 1 aliphatic carbocycles. The van der Waals surface area contributed by atoms with Crippen molar-refractivity contribution in [1.82, 2.24) is 0 Å². The van der Waals surface area contributed by atoms with E-state index in [9.17, 15) is 4.79 Å². The molecule has 38 heavy (non-hydrogen) atoms. The molecular weight excluding hydrogens is 460 g/mol. The molecule has 1 nitrogen and oxygen atoms in total. The molecule has 0 N–H and O–H groups in total. The summed E-state index contributed by atoms with van der Waals surface area (Å²) in [6.07, 6.45) is 7.15. The van der Waals surface area contributed by atoms with Gasteiger partial charge in [-0.3, -0.25) is 4.79 Å². The van der Waals surface area contributed by atoms with Gasteiger partial charge in [-0.25, -0.2) is 0 Å². The van der Waals surface area contributed by atoms with Crippen LogP contribution in [0.15, 0.2) is 144 Å². The standard InChI is InChI=1S/C37H36O/c38-37-35(27-23-31-17-9-3-10-18-31)33(25-21-29-13-5-1-6-14-29)34(26-22-30-15-7-2-8-16-30)36(37)28-24-32-19-11-4-12-20-32/h1-20H,21-28H2. The largest absolute Gasteiger partial charge is 0.289 e. The molecule has 5 rings (SSSR count). The van der Waals surface area contributed by atoms with E-state index in [0.29, 0.717) is 5.78 Å². The lowest BCUT2D eigenvalue weighted by Crippen LogP contribution is -2.06. The molecule has 0 fully saturated rings. The minimum atomic E-state index is 0.294. The number of Topliss-reactive ketones (excluding diaryl/α,β-unsaturated/α-hetero) is 1. The topological polar surface area (TPSA) is 17.1 Å². The predicted molar refractivity (Wildman–Crippen MR) is 158 cm³/mol. The molecule has 4 aromatic rings. The number of benzene rings is 4. The van der Waals surface area contributed by atoms with Gasteiger partial charge in [-0.15, -0.1) is 0 Å². The van der Waals surface area contributed by atoms with E-state index in [4.69, 9.17) is 0 Å². The van der Waals surface area contributed by atoms with Gasteiger partial charge in [0.1, 0.15) is 0 Å². The average Bonchev–Trinajstić information content (AvgIpc) is 3.24. The van der Waals surface area contributed by atoms with Gasteiger partial charge in [-0.05, 0) is 84.8 Å².